The van der Waals surface area contributed by atoms with Crippen LogP contribution < -0.4 is 5.32 Å². The predicted molar refractivity (Wildman–Crippen MR) is 136 cm³/mol. The predicted octanol–water partition coefficient (Wildman–Crippen LogP) is 5.36. The minimum atomic E-state index is -0.687. The third kappa shape index (κ3) is 6.51. The lowest BCUT2D eigenvalue weighted by atomic mass is 9.92. The maximum Gasteiger partial charge on any atom is 0.251 e. The molecular weight excluding hydrogens is 486 g/mol. The van der Waals surface area contributed by atoms with Crippen molar-refractivity contribution in [1.82, 2.24) is 10.2 Å². The summed E-state index contributed by atoms with van der Waals surface area (Å²) in [6, 6.07) is 10.2. The number of halogens is 3. The van der Waals surface area contributed by atoms with Gasteiger partial charge in [-0.1, -0.05) is 42.8 Å². The van der Waals surface area contributed by atoms with Gasteiger partial charge in [0.1, 0.15) is 11.6 Å². The van der Waals surface area contributed by atoms with Gasteiger partial charge in [0.2, 0.25) is 0 Å². The van der Waals surface area contributed by atoms with E-state index in [4.69, 9.17) is 21.1 Å². The molecule has 2 aromatic carbocycles. The van der Waals surface area contributed by atoms with Crippen LogP contribution in [0.15, 0.2) is 42.0 Å². The van der Waals surface area contributed by atoms with E-state index in [0.717, 1.165) is 48.2 Å². The van der Waals surface area contributed by atoms with Crippen LogP contribution in [0.2, 0.25) is 5.02 Å². The van der Waals surface area contributed by atoms with Gasteiger partial charge in [0.05, 0.1) is 31.4 Å². The van der Waals surface area contributed by atoms with Crippen LogP contribution in [0.25, 0.3) is 5.57 Å². The van der Waals surface area contributed by atoms with E-state index in [9.17, 15) is 13.6 Å². The zero-order valence-corrected chi connectivity index (χ0v) is 21.5. The molecule has 1 aliphatic heterocycles. The molecule has 1 amide bonds. The highest BCUT2D eigenvalue weighted by molar-refractivity contribution is 6.31. The molecule has 1 saturated carbocycles. The fourth-order valence-corrected chi connectivity index (χ4v) is 4.74. The van der Waals surface area contributed by atoms with Gasteiger partial charge < -0.3 is 19.7 Å². The fourth-order valence-electron chi connectivity index (χ4n) is 4.53. The van der Waals surface area contributed by atoms with E-state index in [1.807, 2.05) is 24.3 Å². The highest BCUT2D eigenvalue weighted by Crippen LogP contribution is 2.35. The Bertz CT molecular complexity index is 1100. The molecule has 0 aromatic heterocycles. The molecule has 1 fully saturated rings. The highest BCUT2D eigenvalue weighted by Gasteiger charge is 2.36. The lowest BCUT2D eigenvalue weighted by Crippen LogP contribution is -2.39. The molecule has 0 spiro atoms. The third-order valence-electron chi connectivity index (χ3n) is 6.62. The average molecular weight is 519 g/mol. The zero-order valence-electron chi connectivity index (χ0n) is 20.8. The lowest BCUT2D eigenvalue weighted by molar-refractivity contribution is -0.128. The highest BCUT2D eigenvalue weighted by atomic mass is 35.5. The Morgan fingerprint density at radius 3 is 2.56 bits per heavy atom. The molecule has 1 aliphatic carbocycles. The Hall–Kier alpha value is -2.32. The van der Waals surface area contributed by atoms with E-state index in [1.165, 1.54) is 0 Å². The normalized spacial score (nSPS) is 16.8. The van der Waals surface area contributed by atoms with Gasteiger partial charge in [-0.3, -0.25) is 4.79 Å². The topological polar surface area (TPSA) is 50.8 Å². The van der Waals surface area contributed by atoms with Crippen LogP contribution >= 0.6 is 11.6 Å². The van der Waals surface area contributed by atoms with Crippen molar-refractivity contribution >= 4 is 23.1 Å². The summed E-state index contributed by atoms with van der Waals surface area (Å²) < 4.78 is 39.5. The van der Waals surface area contributed by atoms with Crippen LogP contribution in [0.1, 0.15) is 42.9 Å². The minimum absolute atomic E-state index is 0.00642. The number of carbonyl (C=O) groups is 1. The van der Waals surface area contributed by atoms with Crippen LogP contribution in [0.4, 0.5) is 8.78 Å². The third-order valence-corrected chi connectivity index (χ3v) is 7.03. The molecule has 0 radical (unpaired) electrons. The molecule has 4 rings (SSSR count). The van der Waals surface area contributed by atoms with Gasteiger partial charge in [-0.2, -0.15) is 0 Å². The second-order valence-corrected chi connectivity index (χ2v) is 10.0. The summed E-state index contributed by atoms with van der Waals surface area (Å²) in [6.45, 7) is 5.01. The largest absolute Gasteiger partial charge is 0.384 e. The molecule has 0 bridgehead atoms. The van der Waals surface area contributed by atoms with Gasteiger partial charge in [-0.05, 0) is 54.6 Å². The number of hydrogen-bond acceptors (Lipinski definition) is 4. The summed E-state index contributed by atoms with van der Waals surface area (Å²) in [7, 11) is 1.68. The second-order valence-electron chi connectivity index (χ2n) is 9.64. The first-order valence-corrected chi connectivity index (χ1v) is 12.8. The summed E-state index contributed by atoms with van der Waals surface area (Å²) in [5.74, 6) is -1.12. The monoisotopic (exact) mass is 518 g/mol. The van der Waals surface area contributed by atoms with Crippen LogP contribution in [0.3, 0.4) is 0 Å². The molecule has 1 heterocycles. The summed E-state index contributed by atoms with van der Waals surface area (Å²) in [6.07, 6.45) is 2.39. The van der Waals surface area contributed by atoms with E-state index in [2.05, 4.69) is 12.2 Å². The molecule has 5 nitrogen and oxygen atoms in total. The molecule has 194 valence electrons. The summed E-state index contributed by atoms with van der Waals surface area (Å²) in [5.41, 5.74) is 3.71. The molecular formula is C28H33ClF2N2O3. The summed E-state index contributed by atoms with van der Waals surface area (Å²) in [5, 5.41) is 3.02. The van der Waals surface area contributed by atoms with Gasteiger partial charge in [-0.25, -0.2) is 8.78 Å². The average Bonchev–Trinajstić information content (AvgIpc) is 3.72. The number of hydrogen-bond donors (Lipinski definition) is 1. The first-order chi connectivity index (χ1) is 17.4. The minimum Gasteiger partial charge on any atom is -0.384 e. The maximum atomic E-state index is 14.5. The molecule has 8 heteroatoms. The van der Waals surface area contributed by atoms with Crippen LogP contribution in [-0.4, -0.2) is 50.3 Å². The van der Waals surface area contributed by atoms with Crippen molar-refractivity contribution in [3.8, 4) is 0 Å². The van der Waals surface area contributed by atoms with E-state index in [-0.39, 0.29) is 29.1 Å². The number of amides is 1. The Kier molecular flexibility index (Phi) is 9.12. The van der Waals surface area contributed by atoms with Crippen molar-refractivity contribution in [3.05, 3.63) is 75.3 Å². The van der Waals surface area contributed by atoms with Gasteiger partial charge >= 0.3 is 0 Å². The Morgan fingerprint density at radius 2 is 1.86 bits per heavy atom. The van der Waals surface area contributed by atoms with E-state index in [0.29, 0.717) is 44.3 Å². The van der Waals surface area contributed by atoms with Gasteiger partial charge in [0.15, 0.2) is 0 Å². The molecule has 0 unspecified atom stereocenters. The quantitative estimate of drug-likeness (QED) is 0.407. The van der Waals surface area contributed by atoms with Crippen LogP contribution in [-0.2, 0) is 27.4 Å². The standard InChI is InChI=1S/C28H33ClF2N2O3/c1-18(15-35-2)16-36-17-19-3-5-20(6-4-19)22-11-12-32-13-23(22)28(34)33(21-7-8-21)14-24-25(30)9-10-26(31)27(24)29/h3-6,9-10,18,21,32H,7-8,11-17H2,1-2H3/t18-/m0/s1. The summed E-state index contributed by atoms with van der Waals surface area (Å²) >= 11 is 6.07. The smallest absolute Gasteiger partial charge is 0.251 e. The number of carbonyl (C=O) groups excluding carboxylic acids is 1. The van der Waals surface area contributed by atoms with Crippen LogP contribution in [0.5, 0.6) is 0 Å². The molecule has 2 aliphatic rings. The number of benzene rings is 2. The van der Waals surface area contributed by atoms with Crippen molar-refractivity contribution in [2.24, 2.45) is 5.92 Å². The second kappa shape index (κ2) is 12.3. The lowest BCUT2D eigenvalue weighted by Gasteiger charge is -2.28. The first-order valence-electron chi connectivity index (χ1n) is 12.4. The number of rotatable bonds is 11. The van der Waals surface area contributed by atoms with Crippen molar-refractivity contribution in [1.29, 1.82) is 0 Å². The molecule has 0 saturated heterocycles. The van der Waals surface area contributed by atoms with Gasteiger partial charge in [0, 0.05) is 36.8 Å². The molecule has 1 atom stereocenters. The molecule has 36 heavy (non-hydrogen) atoms. The Morgan fingerprint density at radius 1 is 1.14 bits per heavy atom. The Balaban J connectivity index is 1.52. The number of methoxy groups -OCH3 is 1. The van der Waals surface area contributed by atoms with Crippen molar-refractivity contribution in [3.63, 3.8) is 0 Å². The zero-order chi connectivity index (χ0) is 25.7. The fraction of sp³-hybridized carbons (Fsp3) is 0.464. The molecule has 1 N–H and O–H groups in total. The first kappa shape index (κ1) is 26.7. The van der Waals surface area contributed by atoms with E-state index < -0.39 is 11.6 Å². The maximum absolute atomic E-state index is 14.5. The molecule has 2 aromatic rings. The van der Waals surface area contributed by atoms with Crippen molar-refractivity contribution in [2.75, 3.05) is 33.4 Å². The van der Waals surface area contributed by atoms with Gasteiger partial charge in [-0.15, -0.1) is 0 Å². The summed E-state index contributed by atoms with van der Waals surface area (Å²) in [4.78, 5) is 15.4. The van der Waals surface area contributed by atoms with Gasteiger partial charge in [0.25, 0.3) is 5.91 Å². The van der Waals surface area contributed by atoms with Crippen LogP contribution in [0, 0.1) is 17.6 Å². The van der Waals surface area contributed by atoms with Crippen molar-refractivity contribution in [2.45, 2.75) is 45.4 Å². The SMILES string of the molecule is COC[C@H](C)COCc1ccc(C2=C(C(=O)N(Cc3c(F)ccc(F)c3Cl)C3CC3)CNCC2)cc1. The number of ether oxygens (including phenoxy) is 2. The van der Waals surface area contributed by atoms with E-state index in [1.54, 1.807) is 12.0 Å². The number of nitrogens with zero attached hydrogens (tertiary/aromatic N) is 1. The number of nitrogens with one attached hydrogen (secondary N) is 1. The van der Waals surface area contributed by atoms with Crippen molar-refractivity contribution < 1.29 is 23.0 Å². The van der Waals surface area contributed by atoms with E-state index >= 15 is 0 Å². The Labute approximate surface area is 216 Å².